The molecule has 3 rings (SSSR count). The van der Waals surface area contributed by atoms with Crippen LogP contribution in [0.1, 0.15) is 11.1 Å². The third-order valence-electron chi connectivity index (χ3n) is 3.74. The second-order valence-electron chi connectivity index (χ2n) is 5.75. The van der Waals surface area contributed by atoms with Crippen molar-refractivity contribution >= 4 is 52.0 Å². The summed E-state index contributed by atoms with van der Waals surface area (Å²) in [5.74, 6) is 0.391. The number of nitrogens with zero attached hydrogens (tertiary/aromatic N) is 3. The van der Waals surface area contributed by atoms with Gasteiger partial charge in [-0.25, -0.2) is 15.0 Å². The SMILES string of the molecule is Cc1ccc(Cl)cc1Nc1ncnc(Nc2ncc(C(F)(F)F)cc2Cl)c1N. The van der Waals surface area contributed by atoms with Crippen molar-refractivity contribution in [1.29, 1.82) is 0 Å². The van der Waals surface area contributed by atoms with Crippen LogP contribution in [0.4, 0.5) is 42.0 Å². The number of nitrogens with two attached hydrogens (primary N) is 1. The van der Waals surface area contributed by atoms with E-state index in [2.05, 4.69) is 25.6 Å². The fraction of sp³-hybridized carbons (Fsp3) is 0.118. The van der Waals surface area contributed by atoms with Crippen LogP contribution in [0.2, 0.25) is 10.0 Å². The molecule has 3 aromatic rings. The number of nitrogens with one attached hydrogen (secondary N) is 2. The number of hydrogen-bond donors (Lipinski definition) is 3. The van der Waals surface area contributed by atoms with Gasteiger partial charge in [0.2, 0.25) is 0 Å². The van der Waals surface area contributed by atoms with E-state index >= 15 is 0 Å². The quantitative estimate of drug-likeness (QED) is 0.502. The third kappa shape index (κ3) is 4.37. The van der Waals surface area contributed by atoms with Gasteiger partial charge in [0.05, 0.1) is 10.6 Å². The molecule has 2 aromatic heterocycles. The first kappa shape index (κ1) is 20.0. The second kappa shape index (κ2) is 7.69. The molecule has 0 aliphatic rings. The predicted octanol–water partition coefficient (Wildman–Crippen LogP) is 5.58. The zero-order valence-electron chi connectivity index (χ0n) is 14.3. The lowest BCUT2D eigenvalue weighted by atomic mass is 10.2. The van der Waals surface area contributed by atoms with Gasteiger partial charge in [-0.2, -0.15) is 13.2 Å². The summed E-state index contributed by atoms with van der Waals surface area (Å²) in [4.78, 5) is 11.8. The van der Waals surface area contributed by atoms with Gasteiger partial charge in [-0.05, 0) is 30.7 Å². The van der Waals surface area contributed by atoms with Gasteiger partial charge in [0.1, 0.15) is 17.8 Å². The van der Waals surface area contributed by atoms with Crippen LogP contribution in [0.5, 0.6) is 0 Å². The third-order valence-corrected chi connectivity index (χ3v) is 4.27. The van der Waals surface area contributed by atoms with Gasteiger partial charge < -0.3 is 16.4 Å². The molecule has 28 heavy (non-hydrogen) atoms. The molecule has 6 nitrogen and oxygen atoms in total. The van der Waals surface area contributed by atoms with Crippen LogP contribution in [0.15, 0.2) is 36.8 Å². The van der Waals surface area contributed by atoms with Crippen LogP contribution in [0, 0.1) is 6.92 Å². The Labute approximate surface area is 167 Å². The largest absolute Gasteiger partial charge is 0.417 e. The number of rotatable bonds is 4. The Morgan fingerprint density at radius 2 is 1.64 bits per heavy atom. The minimum Gasteiger partial charge on any atom is -0.393 e. The van der Waals surface area contributed by atoms with Crippen molar-refractivity contribution in [3.8, 4) is 0 Å². The average molecular weight is 429 g/mol. The highest BCUT2D eigenvalue weighted by atomic mass is 35.5. The van der Waals surface area contributed by atoms with Gasteiger partial charge in [0.15, 0.2) is 11.6 Å². The Balaban J connectivity index is 1.88. The van der Waals surface area contributed by atoms with Crippen molar-refractivity contribution in [2.75, 3.05) is 16.4 Å². The topological polar surface area (TPSA) is 88.8 Å². The van der Waals surface area contributed by atoms with E-state index in [1.807, 2.05) is 13.0 Å². The van der Waals surface area contributed by atoms with Crippen LogP contribution < -0.4 is 16.4 Å². The van der Waals surface area contributed by atoms with Gasteiger partial charge in [-0.15, -0.1) is 0 Å². The first-order chi connectivity index (χ1) is 13.1. The maximum absolute atomic E-state index is 12.7. The summed E-state index contributed by atoms with van der Waals surface area (Å²) >= 11 is 11.9. The number of benzene rings is 1. The fourth-order valence-electron chi connectivity index (χ4n) is 2.25. The Kier molecular flexibility index (Phi) is 5.48. The average Bonchev–Trinajstić information content (AvgIpc) is 2.62. The van der Waals surface area contributed by atoms with E-state index < -0.39 is 11.7 Å². The summed E-state index contributed by atoms with van der Waals surface area (Å²) in [5.41, 5.74) is 6.84. The highest BCUT2D eigenvalue weighted by molar-refractivity contribution is 6.33. The molecule has 0 fully saturated rings. The molecule has 0 saturated carbocycles. The maximum Gasteiger partial charge on any atom is 0.417 e. The fourth-order valence-corrected chi connectivity index (χ4v) is 2.63. The van der Waals surface area contributed by atoms with E-state index in [0.717, 1.165) is 11.6 Å². The smallest absolute Gasteiger partial charge is 0.393 e. The number of nitrogen functional groups attached to an aromatic ring is 1. The molecule has 0 aliphatic carbocycles. The Morgan fingerprint density at radius 3 is 2.29 bits per heavy atom. The number of alkyl halides is 3. The van der Waals surface area contributed by atoms with Crippen LogP contribution in [0.25, 0.3) is 0 Å². The highest BCUT2D eigenvalue weighted by Crippen LogP contribution is 2.35. The predicted molar refractivity (Wildman–Crippen MR) is 103 cm³/mol. The van der Waals surface area contributed by atoms with Crippen molar-refractivity contribution in [2.24, 2.45) is 0 Å². The summed E-state index contributed by atoms with van der Waals surface area (Å²) in [6.45, 7) is 1.88. The molecule has 0 atom stereocenters. The molecule has 11 heteroatoms. The molecule has 0 radical (unpaired) electrons. The van der Waals surface area contributed by atoms with Gasteiger partial charge in [-0.3, -0.25) is 0 Å². The van der Waals surface area contributed by atoms with E-state index in [0.29, 0.717) is 16.9 Å². The summed E-state index contributed by atoms with van der Waals surface area (Å²) in [5, 5.41) is 6.07. The second-order valence-corrected chi connectivity index (χ2v) is 6.59. The van der Waals surface area contributed by atoms with Crippen LogP contribution in [0.3, 0.4) is 0 Å². The number of pyridine rings is 1. The minimum atomic E-state index is -4.55. The number of anilines is 5. The molecule has 0 spiro atoms. The van der Waals surface area contributed by atoms with Gasteiger partial charge in [-0.1, -0.05) is 29.3 Å². The standard InChI is InChI=1S/C17H13Cl2F3N6/c1-8-2-3-10(18)5-12(8)27-15-13(23)16(26-7-25-15)28-14-11(19)4-9(6-24-14)17(20,21)22/h2-7H,23H2,1H3,(H2,24,25,26,27,28). The molecule has 2 heterocycles. The zero-order valence-corrected chi connectivity index (χ0v) is 15.8. The molecular weight excluding hydrogens is 416 g/mol. The molecule has 0 bridgehead atoms. The normalized spacial score (nSPS) is 11.4. The van der Waals surface area contributed by atoms with Crippen molar-refractivity contribution < 1.29 is 13.2 Å². The first-order valence-electron chi connectivity index (χ1n) is 7.78. The molecular formula is C17H13Cl2F3N6. The molecule has 4 N–H and O–H groups in total. The molecule has 0 amide bonds. The van der Waals surface area contributed by atoms with E-state index in [-0.39, 0.29) is 28.2 Å². The van der Waals surface area contributed by atoms with Gasteiger partial charge in [0, 0.05) is 16.9 Å². The zero-order chi connectivity index (χ0) is 20.5. The van der Waals surface area contributed by atoms with Crippen LogP contribution >= 0.6 is 23.2 Å². The Hall–Kier alpha value is -2.78. The van der Waals surface area contributed by atoms with E-state index in [9.17, 15) is 13.2 Å². The number of halogens is 5. The van der Waals surface area contributed by atoms with Crippen LogP contribution in [-0.4, -0.2) is 15.0 Å². The van der Waals surface area contributed by atoms with Gasteiger partial charge in [0.25, 0.3) is 0 Å². The summed E-state index contributed by atoms with van der Waals surface area (Å²) in [6, 6.07) is 6.05. The number of aromatic nitrogens is 3. The minimum absolute atomic E-state index is 0.0232. The van der Waals surface area contributed by atoms with E-state index in [1.165, 1.54) is 6.33 Å². The molecule has 0 unspecified atom stereocenters. The van der Waals surface area contributed by atoms with Crippen LogP contribution in [-0.2, 0) is 6.18 Å². The summed E-state index contributed by atoms with van der Waals surface area (Å²) in [6.07, 6.45) is -2.64. The van der Waals surface area contributed by atoms with E-state index in [4.69, 9.17) is 28.9 Å². The molecule has 146 valence electrons. The molecule has 0 saturated heterocycles. The maximum atomic E-state index is 12.7. The van der Waals surface area contributed by atoms with Crippen molar-refractivity contribution in [2.45, 2.75) is 13.1 Å². The lowest BCUT2D eigenvalue weighted by molar-refractivity contribution is -0.137. The monoisotopic (exact) mass is 428 g/mol. The van der Waals surface area contributed by atoms with Gasteiger partial charge >= 0.3 is 6.18 Å². The highest BCUT2D eigenvalue weighted by Gasteiger charge is 2.31. The molecule has 1 aromatic carbocycles. The summed E-state index contributed by atoms with van der Waals surface area (Å²) in [7, 11) is 0. The summed E-state index contributed by atoms with van der Waals surface area (Å²) < 4.78 is 38.2. The Bertz CT molecular complexity index is 1030. The first-order valence-corrected chi connectivity index (χ1v) is 8.54. The Morgan fingerprint density at radius 1 is 0.964 bits per heavy atom. The van der Waals surface area contributed by atoms with Crippen molar-refractivity contribution in [1.82, 2.24) is 15.0 Å². The van der Waals surface area contributed by atoms with E-state index in [1.54, 1.807) is 12.1 Å². The van der Waals surface area contributed by atoms with Crippen molar-refractivity contribution in [3.63, 3.8) is 0 Å². The van der Waals surface area contributed by atoms with Crippen molar-refractivity contribution in [3.05, 3.63) is 58.0 Å². The number of hydrogen-bond acceptors (Lipinski definition) is 6. The number of aryl methyl sites for hydroxylation is 1. The lowest BCUT2D eigenvalue weighted by Crippen LogP contribution is -2.08. The molecule has 0 aliphatic heterocycles. The lowest BCUT2D eigenvalue weighted by Gasteiger charge is -2.15.